The second-order valence-corrected chi connectivity index (χ2v) is 6.63. The Bertz CT molecular complexity index is 393. The quantitative estimate of drug-likeness (QED) is 0.266. The predicted octanol–water partition coefficient (Wildman–Crippen LogP) is 2.21. The molecule has 0 radical (unpaired) electrons. The van der Waals surface area contributed by atoms with Crippen LogP contribution in [0.3, 0.4) is 0 Å². The molecule has 1 heterocycles. The van der Waals surface area contributed by atoms with Crippen LogP contribution in [0.1, 0.15) is 40.5 Å². The van der Waals surface area contributed by atoms with E-state index in [0.717, 1.165) is 38.6 Å². The molecule has 7 nitrogen and oxygen atoms in total. The first-order valence-electron chi connectivity index (χ1n) is 8.38. The van der Waals surface area contributed by atoms with Gasteiger partial charge in [0.05, 0.1) is 6.04 Å². The van der Waals surface area contributed by atoms with Gasteiger partial charge in [0.1, 0.15) is 5.60 Å². The van der Waals surface area contributed by atoms with Crippen molar-refractivity contribution < 1.29 is 14.3 Å². The van der Waals surface area contributed by atoms with Crippen molar-refractivity contribution >= 4 is 36.0 Å². The Labute approximate surface area is 162 Å². The summed E-state index contributed by atoms with van der Waals surface area (Å²) in [6.07, 6.45) is 1.82. The maximum Gasteiger partial charge on any atom is 0.410 e. The van der Waals surface area contributed by atoms with Gasteiger partial charge in [0.25, 0.3) is 0 Å². The fourth-order valence-electron chi connectivity index (χ4n) is 2.11. The first-order chi connectivity index (χ1) is 10.9. The van der Waals surface area contributed by atoms with Crippen molar-refractivity contribution in [2.45, 2.75) is 52.2 Å². The van der Waals surface area contributed by atoms with Crippen LogP contribution in [0.5, 0.6) is 0 Å². The molecule has 1 saturated heterocycles. The number of amides is 1. The number of hydrogen-bond acceptors (Lipinski definition) is 4. The average molecular weight is 456 g/mol. The molecule has 2 N–H and O–H groups in total. The summed E-state index contributed by atoms with van der Waals surface area (Å²) in [5.41, 5.74) is -0.450. The van der Waals surface area contributed by atoms with Gasteiger partial charge in [0.15, 0.2) is 5.96 Å². The second-order valence-electron chi connectivity index (χ2n) is 6.63. The molecule has 0 bridgehead atoms. The number of aliphatic imine (C=N–C) groups is 1. The number of rotatable bonds is 7. The largest absolute Gasteiger partial charge is 0.444 e. The number of nitrogens with one attached hydrogen (secondary N) is 2. The summed E-state index contributed by atoms with van der Waals surface area (Å²) in [6.45, 7) is 11.3. The van der Waals surface area contributed by atoms with Crippen LogP contribution >= 0.6 is 24.0 Å². The Morgan fingerprint density at radius 2 is 1.96 bits per heavy atom. The highest BCUT2D eigenvalue weighted by atomic mass is 127. The van der Waals surface area contributed by atoms with Crippen molar-refractivity contribution in [3.05, 3.63) is 0 Å². The Kier molecular flexibility index (Phi) is 11.4. The monoisotopic (exact) mass is 456 g/mol. The maximum atomic E-state index is 11.9. The molecule has 0 aromatic heterocycles. The number of unbranched alkanes of at least 4 members (excludes halogenated alkanes) is 1. The third-order valence-electron chi connectivity index (χ3n) is 3.31. The standard InChI is InChI=1S/C16H32N4O3.HI/c1-6-22-10-8-7-9-18-14(17-5)19-13-11-20(12-13)15(21)23-16(2,3)4;/h13H,6-12H2,1-5H3,(H2,17,18,19);1H. The molecule has 142 valence electrons. The molecule has 0 aromatic carbocycles. The maximum absolute atomic E-state index is 11.9. The van der Waals surface area contributed by atoms with Gasteiger partial charge in [-0.1, -0.05) is 0 Å². The molecule has 0 saturated carbocycles. The van der Waals surface area contributed by atoms with Gasteiger partial charge in [-0.3, -0.25) is 4.99 Å². The lowest BCUT2D eigenvalue weighted by Gasteiger charge is -2.40. The van der Waals surface area contributed by atoms with E-state index in [1.165, 1.54) is 0 Å². The molecular formula is C16H33IN4O3. The fraction of sp³-hybridized carbons (Fsp3) is 0.875. The minimum absolute atomic E-state index is 0. The summed E-state index contributed by atoms with van der Waals surface area (Å²) in [7, 11) is 1.75. The third-order valence-corrected chi connectivity index (χ3v) is 3.31. The number of nitrogens with zero attached hydrogens (tertiary/aromatic N) is 2. The number of guanidine groups is 1. The molecule has 1 fully saturated rings. The van der Waals surface area contributed by atoms with Crippen molar-refractivity contribution in [2.24, 2.45) is 4.99 Å². The number of hydrogen-bond donors (Lipinski definition) is 2. The molecule has 1 amide bonds. The van der Waals surface area contributed by atoms with Gasteiger partial charge >= 0.3 is 6.09 Å². The molecule has 0 aromatic rings. The fourth-order valence-corrected chi connectivity index (χ4v) is 2.11. The van der Waals surface area contributed by atoms with Crippen molar-refractivity contribution in [3.63, 3.8) is 0 Å². The molecule has 1 rings (SSSR count). The van der Waals surface area contributed by atoms with Gasteiger partial charge in [-0.25, -0.2) is 4.79 Å². The van der Waals surface area contributed by atoms with Crippen molar-refractivity contribution in [3.8, 4) is 0 Å². The van der Waals surface area contributed by atoms with Crippen LogP contribution in [0, 0.1) is 0 Å². The zero-order valence-corrected chi connectivity index (χ0v) is 17.9. The molecule has 8 heteroatoms. The lowest BCUT2D eigenvalue weighted by molar-refractivity contribution is 0.00701. The van der Waals surface area contributed by atoms with E-state index < -0.39 is 5.60 Å². The Balaban J connectivity index is 0.00000529. The van der Waals surface area contributed by atoms with Gasteiger partial charge in [-0.15, -0.1) is 24.0 Å². The molecule has 1 aliphatic rings. The van der Waals surface area contributed by atoms with E-state index >= 15 is 0 Å². The summed E-state index contributed by atoms with van der Waals surface area (Å²) >= 11 is 0. The van der Waals surface area contributed by atoms with Crippen LogP contribution in [0.15, 0.2) is 4.99 Å². The van der Waals surface area contributed by atoms with E-state index in [4.69, 9.17) is 9.47 Å². The lowest BCUT2D eigenvalue weighted by Crippen LogP contribution is -2.63. The van der Waals surface area contributed by atoms with Crippen molar-refractivity contribution in [2.75, 3.05) is 39.9 Å². The summed E-state index contributed by atoms with van der Waals surface area (Å²) in [5.74, 6) is 0.773. The van der Waals surface area contributed by atoms with E-state index in [1.807, 2.05) is 27.7 Å². The third kappa shape index (κ3) is 9.51. The van der Waals surface area contributed by atoms with Gasteiger partial charge in [-0.2, -0.15) is 0 Å². The predicted molar refractivity (Wildman–Crippen MR) is 107 cm³/mol. The molecule has 0 aliphatic carbocycles. The normalized spacial score (nSPS) is 15.4. The highest BCUT2D eigenvalue weighted by molar-refractivity contribution is 14.0. The van der Waals surface area contributed by atoms with Gasteiger partial charge in [-0.05, 0) is 40.5 Å². The molecular weight excluding hydrogens is 423 g/mol. The number of halogens is 1. The van der Waals surface area contributed by atoms with Crippen molar-refractivity contribution in [1.82, 2.24) is 15.5 Å². The topological polar surface area (TPSA) is 75.2 Å². The highest BCUT2D eigenvalue weighted by Crippen LogP contribution is 2.15. The number of likely N-dealkylation sites (tertiary alicyclic amines) is 1. The molecule has 1 aliphatic heterocycles. The molecule has 0 unspecified atom stereocenters. The number of carbonyl (C=O) groups excluding carboxylic acids is 1. The Hall–Kier alpha value is -0.770. The highest BCUT2D eigenvalue weighted by Gasteiger charge is 2.34. The smallest absolute Gasteiger partial charge is 0.410 e. The Morgan fingerprint density at radius 3 is 2.50 bits per heavy atom. The minimum atomic E-state index is -0.450. The summed E-state index contributed by atoms with van der Waals surface area (Å²) in [6, 6.07) is 0.220. The van der Waals surface area contributed by atoms with Crippen LogP contribution in [0.4, 0.5) is 4.79 Å². The van der Waals surface area contributed by atoms with E-state index in [2.05, 4.69) is 15.6 Å². The van der Waals surface area contributed by atoms with Crippen LogP contribution in [0.25, 0.3) is 0 Å². The summed E-state index contributed by atoms with van der Waals surface area (Å²) in [4.78, 5) is 17.8. The van der Waals surface area contributed by atoms with E-state index in [1.54, 1.807) is 11.9 Å². The van der Waals surface area contributed by atoms with Crippen molar-refractivity contribution in [1.29, 1.82) is 0 Å². The van der Waals surface area contributed by atoms with E-state index in [-0.39, 0.29) is 36.1 Å². The lowest BCUT2D eigenvalue weighted by atomic mass is 10.1. The number of ether oxygens (including phenoxy) is 2. The molecule has 0 atom stereocenters. The summed E-state index contributed by atoms with van der Waals surface area (Å²) in [5, 5.41) is 6.59. The van der Waals surface area contributed by atoms with Crippen LogP contribution in [-0.4, -0.2) is 68.5 Å². The van der Waals surface area contributed by atoms with Crippen LogP contribution < -0.4 is 10.6 Å². The minimum Gasteiger partial charge on any atom is -0.444 e. The SMILES string of the molecule is CCOCCCCNC(=NC)NC1CN(C(=O)OC(C)(C)C)C1.I. The zero-order valence-electron chi connectivity index (χ0n) is 15.6. The van der Waals surface area contributed by atoms with Gasteiger partial charge in [0.2, 0.25) is 0 Å². The number of carbonyl (C=O) groups is 1. The average Bonchev–Trinajstić information content (AvgIpc) is 2.41. The van der Waals surface area contributed by atoms with Gasteiger partial charge in [0, 0.05) is 39.9 Å². The molecule has 24 heavy (non-hydrogen) atoms. The van der Waals surface area contributed by atoms with E-state index in [9.17, 15) is 4.79 Å². The first kappa shape index (κ1) is 23.2. The zero-order chi connectivity index (χ0) is 17.3. The van der Waals surface area contributed by atoms with E-state index in [0.29, 0.717) is 13.1 Å². The first-order valence-corrected chi connectivity index (χ1v) is 8.38. The van der Waals surface area contributed by atoms with Crippen LogP contribution in [-0.2, 0) is 9.47 Å². The summed E-state index contributed by atoms with van der Waals surface area (Å²) < 4.78 is 10.6. The second kappa shape index (κ2) is 11.7. The van der Waals surface area contributed by atoms with Gasteiger partial charge < -0.3 is 25.0 Å². The Morgan fingerprint density at radius 1 is 1.29 bits per heavy atom. The molecule has 0 spiro atoms. The van der Waals surface area contributed by atoms with Crippen LogP contribution in [0.2, 0.25) is 0 Å².